The van der Waals surface area contributed by atoms with E-state index in [1.165, 1.54) is 0 Å². The minimum Gasteiger partial charge on any atom is -0.462 e. The SMILES string of the molecule is CCOC(=O)c1c(C)nn(CC2CCCO2)c1C. The number of carbonyl (C=O) groups is 1. The molecule has 0 aliphatic carbocycles. The third-order valence-electron chi connectivity index (χ3n) is 3.26. The van der Waals surface area contributed by atoms with Gasteiger partial charge in [0.2, 0.25) is 0 Å². The van der Waals surface area contributed by atoms with Gasteiger partial charge >= 0.3 is 5.97 Å². The van der Waals surface area contributed by atoms with Crippen LogP contribution in [0.4, 0.5) is 0 Å². The first kappa shape index (κ1) is 13.1. The molecule has 0 radical (unpaired) electrons. The molecule has 18 heavy (non-hydrogen) atoms. The molecule has 0 saturated carbocycles. The average Bonchev–Trinajstić information content (AvgIpc) is 2.89. The van der Waals surface area contributed by atoms with Crippen LogP contribution in [-0.2, 0) is 16.0 Å². The zero-order valence-electron chi connectivity index (χ0n) is 11.2. The maximum atomic E-state index is 11.8. The summed E-state index contributed by atoms with van der Waals surface area (Å²) in [6, 6.07) is 0. The zero-order chi connectivity index (χ0) is 13.1. The molecule has 2 rings (SSSR count). The summed E-state index contributed by atoms with van der Waals surface area (Å²) in [5.74, 6) is -0.286. The van der Waals surface area contributed by atoms with Crippen LogP contribution >= 0.6 is 0 Å². The minimum absolute atomic E-state index is 0.220. The van der Waals surface area contributed by atoms with E-state index >= 15 is 0 Å². The molecule has 1 aliphatic heterocycles. The van der Waals surface area contributed by atoms with Gasteiger partial charge in [-0.25, -0.2) is 4.79 Å². The Labute approximate surface area is 107 Å². The van der Waals surface area contributed by atoms with Crippen LogP contribution in [0, 0.1) is 13.8 Å². The number of hydrogen-bond acceptors (Lipinski definition) is 4. The molecule has 1 aliphatic rings. The van der Waals surface area contributed by atoms with Gasteiger partial charge in [0, 0.05) is 6.61 Å². The summed E-state index contributed by atoms with van der Waals surface area (Å²) in [6.45, 7) is 7.47. The lowest BCUT2D eigenvalue weighted by Crippen LogP contribution is -2.17. The highest BCUT2D eigenvalue weighted by molar-refractivity contribution is 5.91. The molecule has 0 amide bonds. The predicted molar refractivity (Wildman–Crippen MR) is 66.6 cm³/mol. The van der Waals surface area contributed by atoms with Crippen LogP contribution in [0.1, 0.15) is 41.5 Å². The van der Waals surface area contributed by atoms with E-state index in [4.69, 9.17) is 9.47 Å². The van der Waals surface area contributed by atoms with E-state index in [-0.39, 0.29) is 12.1 Å². The van der Waals surface area contributed by atoms with Crippen molar-refractivity contribution in [3.63, 3.8) is 0 Å². The van der Waals surface area contributed by atoms with Crippen molar-refractivity contribution in [2.24, 2.45) is 0 Å². The number of esters is 1. The summed E-state index contributed by atoms with van der Waals surface area (Å²) in [5, 5.41) is 4.41. The van der Waals surface area contributed by atoms with Crippen molar-refractivity contribution in [3.8, 4) is 0 Å². The third kappa shape index (κ3) is 2.56. The Morgan fingerprint density at radius 3 is 2.94 bits per heavy atom. The second-order valence-corrected chi connectivity index (χ2v) is 4.58. The number of rotatable bonds is 4. The molecule has 1 aromatic heterocycles. The van der Waals surface area contributed by atoms with Crippen molar-refractivity contribution >= 4 is 5.97 Å². The molecule has 100 valence electrons. The summed E-state index contributed by atoms with van der Waals surface area (Å²) >= 11 is 0. The van der Waals surface area contributed by atoms with Crippen molar-refractivity contribution in [1.29, 1.82) is 0 Å². The van der Waals surface area contributed by atoms with E-state index in [1.807, 2.05) is 18.5 Å². The second-order valence-electron chi connectivity index (χ2n) is 4.58. The van der Waals surface area contributed by atoms with Crippen LogP contribution in [0.5, 0.6) is 0 Å². The number of ether oxygens (including phenoxy) is 2. The van der Waals surface area contributed by atoms with Gasteiger partial charge in [0.1, 0.15) is 5.56 Å². The van der Waals surface area contributed by atoms with Crippen molar-refractivity contribution < 1.29 is 14.3 Å². The Bertz CT molecular complexity index is 434. The van der Waals surface area contributed by atoms with E-state index < -0.39 is 0 Å². The molecule has 1 unspecified atom stereocenters. The molecule has 0 bridgehead atoms. The fourth-order valence-electron chi connectivity index (χ4n) is 2.35. The zero-order valence-corrected chi connectivity index (χ0v) is 11.2. The summed E-state index contributed by atoms with van der Waals surface area (Å²) in [7, 11) is 0. The maximum absolute atomic E-state index is 11.8. The molecule has 0 spiro atoms. The normalized spacial score (nSPS) is 19.2. The lowest BCUT2D eigenvalue weighted by molar-refractivity contribution is 0.0524. The predicted octanol–water partition coefficient (Wildman–Crippen LogP) is 1.86. The van der Waals surface area contributed by atoms with E-state index in [0.29, 0.717) is 18.7 Å². The molecule has 1 aromatic rings. The van der Waals surface area contributed by atoms with Gasteiger partial charge in [-0.05, 0) is 33.6 Å². The molecular formula is C13H20N2O3. The van der Waals surface area contributed by atoms with Gasteiger partial charge in [-0.1, -0.05) is 0 Å². The highest BCUT2D eigenvalue weighted by atomic mass is 16.5. The summed E-state index contributed by atoms with van der Waals surface area (Å²) in [5.41, 5.74) is 2.18. The van der Waals surface area contributed by atoms with Crippen LogP contribution in [-0.4, -0.2) is 35.1 Å². The first-order valence-electron chi connectivity index (χ1n) is 6.46. The second kappa shape index (κ2) is 5.52. The van der Waals surface area contributed by atoms with Gasteiger partial charge < -0.3 is 9.47 Å². The van der Waals surface area contributed by atoms with Crippen molar-refractivity contribution in [1.82, 2.24) is 9.78 Å². The highest BCUT2D eigenvalue weighted by Gasteiger charge is 2.23. The Morgan fingerprint density at radius 1 is 1.56 bits per heavy atom. The van der Waals surface area contributed by atoms with Crippen LogP contribution < -0.4 is 0 Å². The van der Waals surface area contributed by atoms with Gasteiger partial charge in [-0.15, -0.1) is 0 Å². The number of carbonyl (C=O) groups excluding carboxylic acids is 1. The molecule has 1 atom stereocenters. The summed E-state index contributed by atoms with van der Waals surface area (Å²) in [4.78, 5) is 11.8. The highest BCUT2D eigenvalue weighted by Crippen LogP contribution is 2.18. The van der Waals surface area contributed by atoms with Gasteiger partial charge in [0.15, 0.2) is 0 Å². The molecule has 1 saturated heterocycles. The number of hydrogen-bond donors (Lipinski definition) is 0. The first-order valence-corrected chi connectivity index (χ1v) is 6.46. The Hall–Kier alpha value is -1.36. The molecule has 0 N–H and O–H groups in total. The number of aryl methyl sites for hydroxylation is 1. The standard InChI is InChI=1S/C13H20N2O3/c1-4-17-13(16)12-9(2)14-15(10(12)3)8-11-6-5-7-18-11/h11H,4-8H2,1-3H3. The monoisotopic (exact) mass is 252 g/mol. The molecule has 5 heteroatoms. The molecular weight excluding hydrogens is 232 g/mol. The van der Waals surface area contributed by atoms with Gasteiger partial charge in [0.25, 0.3) is 0 Å². The topological polar surface area (TPSA) is 53.3 Å². The van der Waals surface area contributed by atoms with E-state index in [9.17, 15) is 4.79 Å². The molecule has 1 fully saturated rings. The van der Waals surface area contributed by atoms with E-state index in [0.717, 1.165) is 30.8 Å². The number of aromatic nitrogens is 2. The molecule has 0 aromatic carbocycles. The number of nitrogens with zero attached hydrogens (tertiary/aromatic N) is 2. The smallest absolute Gasteiger partial charge is 0.341 e. The third-order valence-corrected chi connectivity index (χ3v) is 3.26. The summed E-state index contributed by atoms with van der Waals surface area (Å²) in [6.07, 6.45) is 2.39. The molecule has 2 heterocycles. The fourth-order valence-corrected chi connectivity index (χ4v) is 2.35. The van der Waals surface area contributed by atoms with E-state index in [2.05, 4.69) is 5.10 Å². The first-order chi connectivity index (χ1) is 8.63. The van der Waals surface area contributed by atoms with E-state index in [1.54, 1.807) is 6.92 Å². The summed E-state index contributed by atoms with van der Waals surface area (Å²) < 4.78 is 12.5. The average molecular weight is 252 g/mol. The van der Waals surface area contributed by atoms with Crippen LogP contribution in [0.2, 0.25) is 0 Å². The minimum atomic E-state index is -0.286. The van der Waals surface area contributed by atoms with Crippen LogP contribution in [0.3, 0.4) is 0 Å². The van der Waals surface area contributed by atoms with Crippen molar-refractivity contribution in [2.75, 3.05) is 13.2 Å². The van der Waals surface area contributed by atoms with Gasteiger partial charge in [-0.2, -0.15) is 5.10 Å². The van der Waals surface area contributed by atoms with Gasteiger partial charge in [0.05, 0.1) is 30.6 Å². The van der Waals surface area contributed by atoms with Crippen LogP contribution in [0.25, 0.3) is 0 Å². The van der Waals surface area contributed by atoms with Crippen LogP contribution in [0.15, 0.2) is 0 Å². The van der Waals surface area contributed by atoms with Gasteiger partial charge in [-0.3, -0.25) is 4.68 Å². The van der Waals surface area contributed by atoms with Crippen molar-refractivity contribution in [3.05, 3.63) is 17.0 Å². The Kier molecular flexibility index (Phi) is 4.01. The Balaban J connectivity index is 2.17. The molecule has 5 nitrogen and oxygen atoms in total. The quantitative estimate of drug-likeness (QED) is 0.767. The largest absolute Gasteiger partial charge is 0.462 e. The maximum Gasteiger partial charge on any atom is 0.341 e. The Morgan fingerprint density at radius 2 is 2.33 bits per heavy atom. The van der Waals surface area contributed by atoms with Crippen molar-refractivity contribution in [2.45, 2.75) is 46.3 Å². The lowest BCUT2D eigenvalue weighted by Gasteiger charge is -2.11. The lowest BCUT2D eigenvalue weighted by atomic mass is 10.2. The fraction of sp³-hybridized carbons (Fsp3) is 0.692.